The molecule has 1 heteroatoms. The Morgan fingerprint density at radius 3 is 2.27 bits per heavy atom. The van der Waals surface area contributed by atoms with E-state index in [1.54, 1.807) is 0 Å². The second-order valence-corrected chi connectivity index (χ2v) is 5.92. The molecule has 4 rings (SSSR count). The summed E-state index contributed by atoms with van der Waals surface area (Å²) in [4.78, 5) is 4.67. The number of aromatic nitrogens is 1. The van der Waals surface area contributed by atoms with Crippen LogP contribution in [0.3, 0.4) is 0 Å². The van der Waals surface area contributed by atoms with Crippen molar-refractivity contribution in [2.24, 2.45) is 0 Å². The van der Waals surface area contributed by atoms with E-state index >= 15 is 0 Å². The lowest BCUT2D eigenvalue weighted by Crippen LogP contribution is -1.89. The summed E-state index contributed by atoms with van der Waals surface area (Å²) < 4.78 is 0. The highest BCUT2D eigenvalue weighted by Crippen LogP contribution is 2.32. The lowest BCUT2D eigenvalue weighted by molar-refractivity contribution is 1.33. The molecule has 3 aromatic carbocycles. The van der Waals surface area contributed by atoms with Crippen molar-refractivity contribution in [3.63, 3.8) is 0 Å². The van der Waals surface area contributed by atoms with E-state index in [0.717, 1.165) is 5.69 Å². The van der Waals surface area contributed by atoms with Crippen molar-refractivity contribution in [2.75, 3.05) is 0 Å². The molecule has 0 unspecified atom stereocenters. The van der Waals surface area contributed by atoms with Crippen LogP contribution in [0.25, 0.3) is 32.8 Å². The Balaban J connectivity index is 2.08. The monoisotopic (exact) mass is 283 g/mol. The zero-order valence-electron chi connectivity index (χ0n) is 12.8. The lowest BCUT2D eigenvalue weighted by atomic mass is 9.97. The molecule has 0 spiro atoms. The van der Waals surface area contributed by atoms with Gasteiger partial charge >= 0.3 is 0 Å². The van der Waals surface area contributed by atoms with E-state index in [1.165, 1.54) is 38.2 Å². The molecule has 1 aromatic heterocycles. The van der Waals surface area contributed by atoms with Gasteiger partial charge in [0.15, 0.2) is 0 Å². The molecule has 0 aliphatic carbocycles. The van der Waals surface area contributed by atoms with E-state index in [4.69, 9.17) is 0 Å². The second kappa shape index (κ2) is 4.96. The van der Waals surface area contributed by atoms with Gasteiger partial charge in [0.25, 0.3) is 0 Å². The summed E-state index contributed by atoms with van der Waals surface area (Å²) in [6, 6.07) is 21.6. The standard InChI is InChI=1S/C21H17N/c1-14-11-15(2)13-17(12-14)21-20-8-7-16-5-3-4-6-18(16)19(20)9-10-22-21/h3-13H,1-2H3. The summed E-state index contributed by atoms with van der Waals surface area (Å²) in [7, 11) is 0. The highest BCUT2D eigenvalue weighted by Gasteiger charge is 2.08. The highest BCUT2D eigenvalue weighted by atomic mass is 14.7. The Morgan fingerprint density at radius 1 is 0.682 bits per heavy atom. The summed E-state index contributed by atoms with van der Waals surface area (Å²) in [5, 5.41) is 5.04. The molecule has 0 saturated heterocycles. The zero-order valence-corrected chi connectivity index (χ0v) is 12.8. The smallest absolute Gasteiger partial charge is 0.0780 e. The van der Waals surface area contributed by atoms with Gasteiger partial charge in [-0.25, -0.2) is 0 Å². The summed E-state index contributed by atoms with van der Waals surface area (Å²) in [5.41, 5.74) is 4.80. The van der Waals surface area contributed by atoms with Crippen molar-refractivity contribution in [3.05, 3.63) is 78.0 Å². The molecule has 0 bridgehead atoms. The van der Waals surface area contributed by atoms with Crippen LogP contribution >= 0.6 is 0 Å². The summed E-state index contributed by atoms with van der Waals surface area (Å²) >= 11 is 0. The molecular weight excluding hydrogens is 266 g/mol. The quantitative estimate of drug-likeness (QED) is 0.410. The number of hydrogen-bond donors (Lipinski definition) is 0. The number of benzene rings is 3. The predicted molar refractivity (Wildman–Crippen MR) is 94.2 cm³/mol. The fourth-order valence-electron chi connectivity index (χ4n) is 3.28. The first-order valence-electron chi connectivity index (χ1n) is 7.57. The van der Waals surface area contributed by atoms with Gasteiger partial charge in [0.2, 0.25) is 0 Å². The molecule has 0 saturated carbocycles. The molecule has 0 amide bonds. The molecule has 0 atom stereocenters. The maximum absolute atomic E-state index is 4.67. The van der Waals surface area contributed by atoms with Crippen LogP contribution in [0.2, 0.25) is 0 Å². The van der Waals surface area contributed by atoms with Crippen molar-refractivity contribution < 1.29 is 0 Å². The SMILES string of the molecule is Cc1cc(C)cc(-c2nccc3c2ccc2ccccc23)c1. The maximum atomic E-state index is 4.67. The Morgan fingerprint density at radius 2 is 1.45 bits per heavy atom. The van der Waals surface area contributed by atoms with Gasteiger partial charge in [-0.05, 0) is 48.2 Å². The van der Waals surface area contributed by atoms with Gasteiger partial charge in [0.1, 0.15) is 0 Å². The first kappa shape index (κ1) is 13.0. The number of fused-ring (bicyclic) bond motifs is 3. The van der Waals surface area contributed by atoms with E-state index in [-0.39, 0.29) is 0 Å². The Kier molecular flexibility index (Phi) is 2.93. The van der Waals surface area contributed by atoms with Gasteiger partial charge in [0, 0.05) is 17.1 Å². The van der Waals surface area contributed by atoms with Crippen molar-refractivity contribution in [3.8, 4) is 11.3 Å². The van der Waals surface area contributed by atoms with Crippen LogP contribution in [-0.2, 0) is 0 Å². The topological polar surface area (TPSA) is 12.9 Å². The lowest BCUT2D eigenvalue weighted by Gasteiger charge is -2.10. The van der Waals surface area contributed by atoms with E-state index < -0.39 is 0 Å². The van der Waals surface area contributed by atoms with Crippen LogP contribution in [0.1, 0.15) is 11.1 Å². The third kappa shape index (κ3) is 2.06. The molecule has 106 valence electrons. The maximum Gasteiger partial charge on any atom is 0.0780 e. The highest BCUT2D eigenvalue weighted by molar-refractivity contribution is 6.11. The fourth-order valence-corrected chi connectivity index (χ4v) is 3.28. The zero-order chi connectivity index (χ0) is 15.1. The van der Waals surface area contributed by atoms with E-state index in [9.17, 15) is 0 Å². The van der Waals surface area contributed by atoms with Crippen molar-refractivity contribution in [1.82, 2.24) is 4.98 Å². The number of pyridine rings is 1. The molecule has 0 aliphatic rings. The van der Waals surface area contributed by atoms with E-state index in [1.807, 2.05) is 6.20 Å². The average Bonchev–Trinajstić information content (AvgIpc) is 2.53. The normalized spacial score (nSPS) is 11.2. The molecule has 1 nitrogen and oxygen atoms in total. The first-order chi connectivity index (χ1) is 10.7. The minimum Gasteiger partial charge on any atom is -0.256 e. The molecule has 1 heterocycles. The van der Waals surface area contributed by atoms with Crippen molar-refractivity contribution in [2.45, 2.75) is 13.8 Å². The number of rotatable bonds is 1. The molecule has 0 radical (unpaired) electrons. The van der Waals surface area contributed by atoms with Crippen LogP contribution in [0.4, 0.5) is 0 Å². The van der Waals surface area contributed by atoms with Crippen LogP contribution in [0.15, 0.2) is 66.9 Å². The van der Waals surface area contributed by atoms with Gasteiger partial charge < -0.3 is 0 Å². The minimum absolute atomic E-state index is 1.06. The van der Waals surface area contributed by atoms with Gasteiger partial charge in [-0.1, -0.05) is 53.6 Å². The van der Waals surface area contributed by atoms with Crippen LogP contribution in [0, 0.1) is 13.8 Å². The van der Waals surface area contributed by atoms with Gasteiger partial charge in [0.05, 0.1) is 5.69 Å². The number of aryl methyl sites for hydroxylation is 2. The predicted octanol–water partition coefficient (Wildman–Crippen LogP) is 5.67. The van der Waals surface area contributed by atoms with E-state index in [2.05, 4.69) is 79.5 Å². The summed E-state index contributed by atoms with van der Waals surface area (Å²) in [6.07, 6.45) is 1.92. The fraction of sp³-hybridized carbons (Fsp3) is 0.0952. The summed E-state index contributed by atoms with van der Waals surface area (Å²) in [6.45, 7) is 4.27. The first-order valence-corrected chi connectivity index (χ1v) is 7.57. The Bertz CT molecular complexity index is 979. The van der Waals surface area contributed by atoms with Crippen LogP contribution in [-0.4, -0.2) is 4.98 Å². The average molecular weight is 283 g/mol. The molecule has 0 N–H and O–H groups in total. The van der Waals surface area contributed by atoms with Gasteiger partial charge in [-0.15, -0.1) is 0 Å². The van der Waals surface area contributed by atoms with Gasteiger partial charge in [-0.3, -0.25) is 4.98 Å². The molecule has 22 heavy (non-hydrogen) atoms. The molecule has 0 fully saturated rings. The van der Waals surface area contributed by atoms with Gasteiger partial charge in [-0.2, -0.15) is 0 Å². The number of hydrogen-bond acceptors (Lipinski definition) is 1. The summed E-state index contributed by atoms with van der Waals surface area (Å²) in [5.74, 6) is 0. The van der Waals surface area contributed by atoms with Crippen LogP contribution < -0.4 is 0 Å². The second-order valence-electron chi connectivity index (χ2n) is 5.92. The Labute approximate surface area is 130 Å². The molecular formula is C21H17N. The third-order valence-electron chi connectivity index (χ3n) is 4.17. The Hall–Kier alpha value is -2.67. The van der Waals surface area contributed by atoms with E-state index in [0.29, 0.717) is 0 Å². The largest absolute Gasteiger partial charge is 0.256 e. The number of nitrogens with zero attached hydrogens (tertiary/aromatic N) is 1. The van der Waals surface area contributed by atoms with Crippen molar-refractivity contribution >= 4 is 21.5 Å². The third-order valence-corrected chi connectivity index (χ3v) is 4.17. The van der Waals surface area contributed by atoms with Crippen molar-refractivity contribution in [1.29, 1.82) is 0 Å². The van der Waals surface area contributed by atoms with Crippen LogP contribution in [0.5, 0.6) is 0 Å². The molecule has 4 aromatic rings. The minimum atomic E-state index is 1.06. The molecule has 0 aliphatic heterocycles.